The van der Waals surface area contributed by atoms with Crippen molar-refractivity contribution in [3.05, 3.63) is 28.5 Å². The number of hydrogen-bond acceptors (Lipinski definition) is 4. The van der Waals surface area contributed by atoms with Gasteiger partial charge in [0.05, 0.1) is 23.8 Å². The van der Waals surface area contributed by atoms with Crippen LogP contribution in [-0.2, 0) is 11.2 Å². The lowest BCUT2D eigenvalue weighted by atomic mass is 10.1. The van der Waals surface area contributed by atoms with Gasteiger partial charge in [0.15, 0.2) is 0 Å². The van der Waals surface area contributed by atoms with Crippen molar-refractivity contribution in [1.29, 1.82) is 0 Å². The molecule has 1 aromatic rings. The van der Waals surface area contributed by atoms with Crippen molar-refractivity contribution in [2.75, 3.05) is 32.8 Å². The maximum Gasteiger partial charge on any atom is 0.337 e. The Labute approximate surface area is 110 Å². The Morgan fingerprint density at radius 3 is 2.83 bits per heavy atom. The quantitative estimate of drug-likeness (QED) is 0.894. The summed E-state index contributed by atoms with van der Waals surface area (Å²) in [5.41, 5.74) is 0.849. The van der Waals surface area contributed by atoms with Crippen LogP contribution in [0.1, 0.15) is 15.9 Å². The molecule has 1 fully saturated rings. The number of aromatic nitrogens is 1. The molecule has 0 atom stereocenters. The van der Waals surface area contributed by atoms with Crippen LogP contribution >= 0.6 is 11.6 Å². The van der Waals surface area contributed by atoms with Crippen molar-refractivity contribution >= 4 is 17.6 Å². The Kier molecular flexibility index (Phi) is 4.52. The van der Waals surface area contributed by atoms with Crippen LogP contribution in [0.5, 0.6) is 0 Å². The molecular formula is C12H15ClN2O3. The average molecular weight is 271 g/mol. The smallest absolute Gasteiger partial charge is 0.337 e. The van der Waals surface area contributed by atoms with Crippen molar-refractivity contribution in [3.8, 4) is 0 Å². The van der Waals surface area contributed by atoms with Gasteiger partial charge in [-0.05, 0) is 12.0 Å². The van der Waals surface area contributed by atoms with Gasteiger partial charge in [-0.3, -0.25) is 9.88 Å². The highest BCUT2D eigenvalue weighted by Gasteiger charge is 2.16. The third kappa shape index (κ3) is 3.19. The molecule has 0 radical (unpaired) electrons. The Morgan fingerprint density at radius 1 is 1.44 bits per heavy atom. The van der Waals surface area contributed by atoms with Crippen LogP contribution in [0.15, 0.2) is 12.4 Å². The molecule has 0 saturated carbocycles. The summed E-state index contributed by atoms with van der Waals surface area (Å²) < 4.78 is 5.26. The van der Waals surface area contributed by atoms with E-state index in [1.165, 1.54) is 6.20 Å². The van der Waals surface area contributed by atoms with Gasteiger partial charge >= 0.3 is 5.97 Å². The lowest BCUT2D eigenvalue weighted by Crippen LogP contribution is -2.37. The second-order valence-corrected chi connectivity index (χ2v) is 4.57. The minimum absolute atomic E-state index is 0.167. The normalized spacial score (nSPS) is 16.7. The van der Waals surface area contributed by atoms with E-state index < -0.39 is 5.97 Å². The number of carbonyl (C=O) groups is 1. The van der Waals surface area contributed by atoms with Crippen molar-refractivity contribution in [1.82, 2.24) is 9.88 Å². The van der Waals surface area contributed by atoms with Crippen LogP contribution in [0.2, 0.25) is 5.02 Å². The van der Waals surface area contributed by atoms with Gasteiger partial charge in [0, 0.05) is 32.0 Å². The van der Waals surface area contributed by atoms with Gasteiger partial charge in [0.2, 0.25) is 0 Å². The lowest BCUT2D eigenvalue weighted by Gasteiger charge is -2.26. The Morgan fingerprint density at radius 2 is 2.17 bits per heavy atom. The van der Waals surface area contributed by atoms with E-state index in [9.17, 15) is 4.79 Å². The number of nitrogens with zero attached hydrogens (tertiary/aromatic N) is 2. The molecular weight excluding hydrogens is 256 g/mol. The van der Waals surface area contributed by atoms with E-state index in [4.69, 9.17) is 21.4 Å². The number of hydrogen-bond donors (Lipinski definition) is 1. The summed E-state index contributed by atoms with van der Waals surface area (Å²) in [6.45, 7) is 4.04. The second kappa shape index (κ2) is 6.13. The van der Waals surface area contributed by atoms with Crippen molar-refractivity contribution in [3.63, 3.8) is 0 Å². The number of aromatic carboxylic acids is 1. The number of pyridine rings is 1. The van der Waals surface area contributed by atoms with Gasteiger partial charge < -0.3 is 9.84 Å². The predicted octanol–water partition coefficient (Wildman–Crippen LogP) is 1.31. The highest BCUT2D eigenvalue weighted by molar-refractivity contribution is 6.33. The fourth-order valence-corrected chi connectivity index (χ4v) is 2.27. The maximum atomic E-state index is 11.1. The monoisotopic (exact) mass is 270 g/mol. The fraction of sp³-hybridized carbons (Fsp3) is 0.500. The predicted molar refractivity (Wildman–Crippen MR) is 67.2 cm³/mol. The van der Waals surface area contributed by atoms with Gasteiger partial charge in [0.25, 0.3) is 0 Å². The highest BCUT2D eigenvalue weighted by atomic mass is 35.5. The SMILES string of the molecule is O=C(O)c1c(Cl)cncc1CCN1CCOCC1. The van der Waals surface area contributed by atoms with Crippen LogP contribution in [0, 0.1) is 0 Å². The van der Waals surface area contributed by atoms with E-state index in [1.54, 1.807) is 6.20 Å². The molecule has 5 nitrogen and oxygen atoms in total. The zero-order chi connectivity index (χ0) is 13.0. The van der Waals surface area contributed by atoms with Gasteiger partial charge in [-0.1, -0.05) is 11.6 Å². The highest BCUT2D eigenvalue weighted by Crippen LogP contribution is 2.19. The first-order valence-corrected chi connectivity index (χ1v) is 6.22. The Balaban J connectivity index is 2.04. The third-order valence-electron chi connectivity index (χ3n) is 2.99. The van der Waals surface area contributed by atoms with Crippen LogP contribution in [0.3, 0.4) is 0 Å². The van der Waals surface area contributed by atoms with Crippen LogP contribution in [0.4, 0.5) is 0 Å². The molecule has 0 unspecified atom stereocenters. The summed E-state index contributed by atoms with van der Waals surface area (Å²) >= 11 is 5.87. The molecule has 0 spiro atoms. The molecule has 1 aliphatic rings. The second-order valence-electron chi connectivity index (χ2n) is 4.16. The standard InChI is InChI=1S/C12H15ClN2O3/c13-10-8-14-7-9(11(10)12(16)17)1-2-15-3-5-18-6-4-15/h7-8H,1-6H2,(H,16,17). The number of halogens is 1. The topological polar surface area (TPSA) is 62.7 Å². The molecule has 1 aliphatic heterocycles. The minimum Gasteiger partial charge on any atom is -0.478 e. The summed E-state index contributed by atoms with van der Waals surface area (Å²) in [6.07, 6.45) is 3.58. The summed E-state index contributed by atoms with van der Waals surface area (Å²) in [7, 11) is 0. The summed E-state index contributed by atoms with van der Waals surface area (Å²) in [4.78, 5) is 17.3. The first-order valence-electron chi connectivity index (χ1n) is 5.84. The van der Waals surface area contributed by atoms with E-state index in [0.717, 1.165) is 32.8 Å². The van der Waals surface area contributed by atoms with Crippen LogP contribution in [-0.4, -0.2) is 53.8 Å². The van der Waals surface area contributed by atoms with Gasteiger partial charge in [-0.15, -0.1) is 0 Å². The van der Waals surface area contributed by atoms with Crippen LogP contribution < -0.4 is 0 Å². The van der Waals surface area contributed by atoms with E-state index >= 15 is 0 Å². The number of ether oxygens (including phenoxy) is 1. The molecule has 0 amide bonds. The molecule has 2 rings (SSSR count). The minimum atomic E-state index is -1.00. The molecule has 1 saturated heterocycles. The number of carboxylic acid groups (broad SMARTS) is 1. The Bertz CT molecular complexity index is 433. The number of rotatable bonds is 4. The van der Waals surface area contributed by atoms with E-state index in [0.29, 0.717) is 12.0 Å². The fourth-order valence-electron chi connectivity index (χ4n) is 2.01. The van der Waals surface area contributed by atoms with Gasteiger partial charge in [-0.25, -0.2) is 4.79 Å². The molecule has 1 N–H and O–H groups in total. The lowest BCUT2D eigenvalue weighted by molar-refractivity contribution is 0.0383. The molecule has 6 heteroatoms. The number of morpholine rings is 1. The van der Waals surface area contributed by atoms with E-state index in [1.807, 2.05) is 0 Å². The molecule has 2 heterocycles. The molecule has 98 valence electrons. The number of carboxylic acids is 1. The van der Waals surface area contributed by atoms with Crippen molar-refractivity contribution in [2.45, 2.75) is 6.42 Å². The molecule has 1 aromatic heterocycles. The van der Waals surface area contributed by atoms with E-state index in [-0.39, 0.29) is 10.6 Å². The van der Waals surface area contributed by atoms with Crippen LogP contribution in [0.25, 0.3) is 0 Å². The average Bonchev–Trinajstić information content (AvgIpc) is 2.37. The van der Waals surface area contributed by atoms with Gasteiger partial charge in [-0.2, -0.15) is 0 Å². The van der Waals surface area contributed by atoms with Crippen molar-refractivity contribution in [2.24, 2.45) is 0 Å². The molecule has 0 bridgehead atoms. The summed E-state index contributed by atoms with van der Waals surface area (Å²) in [6, 6.07) is 0. The molecule has 18 heavy (non-hydrogen) atoms. The summed E-state index contributed by atoms with van der Waals surface area (Å²) in [5.74, 6) is -1.00. The zero-order valence-corrected chi connectivity index (χ0v) is 10.7. The zero-order valence-electron chi connectivity index (χ0n) is 9.93. The largest absolute Gasteiger partial charge is 0.478 e. The molecule has 0 aliphatic carbocycles. The van der Waals surface area contributed by atoms with Gasteiger partial charge in [0.1, 0.15) is 0 Å². The maximum absolute atomic E-state index is 11.1. The third-order valence-corrected chi connectivity index (χ3v) is 3.28. The Hall–Kier alpha value is -1.17. The van der Waals surface area contributed by atoms with E-state index in [2.05, 4.69) is 9.88 Å². The first kappa shape index (κ1) is 13.3. The van der Waals surface area contributed by atoms with Crippen molar-refractivity contribution < 1.29 is 14.6 Å². The molecule has 0 aromatic carbocycles. The summed E-state index contributed by atoms with van der Waals surface area (Å²) in [5, 5.41) is 9.33. The first-order chi connectivity index (χ1) is 8.68.